The molecule has 0 radical (unpaired) electrons. The average molecular weight is 391 g/mol. The molecule has 1 aromatic heterocycles. The minimum absolute atomic E-state index is 0.118. The summed E-state index contributed by atoms with van der Waals surface area (Å²) in [7, 11) is 1.66. The number of amides is 1. The van der Waals surface area contributed by atoms with Crippen molar-refractivity contribution in [3.63, 3.8) is 0 Å². The maximum Gasteiger partial charge on any atom is 0.273 e. The average Bonchev–Trinajstić information content (AvgIpc) is 3.47. The first-order valence-electron chi connectivity index (χ1n) is 9.93. The van der Waals surface area contributed by atoms with Gasteiger partial charge in [-0.05, 0) is 43.6 Å². The van der Waals surface area contributed by atoms with Gasteiger partial charge in [0.25, 0.3) is 5.91 Å². The van der Waals surface area contributed by atoms with Crippen molar-refractivity contribution >= 4 is 5.91 Å². The zero-order chi connectivity index (χ0) is 20.1. The number of carbonyl (C=O) groups excluding carboxylic acids is 1. The Morgan fingerprint density at radius 2 is 1.86 bits per heavy atom. The van der Waals surface area contributed by atoms with Gasteiger partial charge in [-0.3, -0.25) is 9.69 Å². The van der Waals surface area contributed by atoms with E-state index in [1.165, 1.54) is 12.8 Å². The van der Waals surface area contributed by atoms with Crippen LogP contribution in [-0.2, 0) is 0 Å². The first-order chi connectivity index (χ1) is 14.2. The van der Waals surface area contributed by atoms with E-state index < -0.39 is 0 Å². The number of rotatable bonds is 7. The fourth-order valence-electron chi connectivity index (χ4n) is 3.74. The minimum atomic E-state index is -0.228. The van der Waals surface area contributed by atoms with Gasteiger partial charge in [-0.15, -0.1) is 0 Å². The maximum absolute atomic E-state index is 12.7. The van der Waals surface area contributed by atoms with Crippen molar-refractivity contribution in [2.45, 2.75) is 18.9 Å². The normalized spacial score (nSPS) is 15.2. The Balaban J connectivity index is 1.45. The molecule has 150 valence electrons. The Kier molecular flexibility index (Phi) is 5.91. The molecule has 2 aromatic carbocycles. The number of nitrogens with one attached hydrogen (secondary N) is 1. The molecule has 1 atom stereocenters. The molecule has 4 rings (SSSR count). The fraction of sp³-hybridized carbons (Fsp3) is 0.304. The van der Waals surface area contributed by atoms with Gasteiger partial charge in [0.2, 0.25) is 0 Å². The van der Waals surface area contributed by atoms with Crippen LogP contribution >= 0.6 is 0 Å². The van der Waals surface area contributed by atoms with Crippen molar-refractivity contribution in [3.8, 4) is 17.1 Å². The highest BCUT2D eigenvalue weighted by molar-refractivity contribution is 5.93. The third-order valence-corrected chi connectivity index (χ3v) is 5.34. The Bertz CT molecular complexity index is 932. The molecule has 1 amide bonds. The van der Waals surface area contributed by atoms with Crippen LogP contribution in [0.5, 0.6) is 5.75 Å². The van der Waals surface area contributed by atoms with E-state index in [9.17, 15) is 4.79 Å². The maximum atomic E-state index is 12.7. The second-order valence-electron chi connectivity index (χ2n) is 7.18. The summed E-state index contributed by atoms with van der Waals surface area (Å²) in [5.41, 5.74) is 2.35. The lowest BCUT2D eigenvalue weighted by atomic mass is 10.1. The van der Waals surface area contributed by atoms with Gasteiger partial charge in [0.15, 0.2) is 11.5 Å². The van der Waals surface area contributed by atoms with Gasteiger partial charge in [0.1, 0.15) is 5.75 Å². The van der Waals surface area contributed by atoms with Gasteiger partial charge >= 0.3 is 0 Å². The molecule has 1 aliphatic rings. The molecule has 3 aromatic rings. The Labute approximate surface area is 170 Å². The first kappa shape index (κ1) is 19.2. The number of hydrogen-bond acceptors (Lipinski definition) is 5. The predicted octanol–water partition coefficient (Wildman–Crippen LogP) is 3.92. The summed E-state index contributed by atoms with van der Waals surface area (Å²) in [5, 5.41) is 6.98. The largest absolute Gasteiger partial charge is 0.497 e. The highest BCUT2D eigenvalue weighted by atomic mass is 16.5. The standard InChI is InChI=1S/C23H25N3O3/c1-28-19-11-9-17(10-12-19)21(26-13-5-6-14-26)16-24-23(27)20-15-22(29-25-20)18-7-3-2-4-8-18/h2-4,7-12,15,21H,5-6,13-14,16H2,1H3,(H,24,27)/t21-/m0/s1. The molecule has 29 heavy (non-hydrogen) atoms. The number of carbonyl (C=O) groups is 1. The number of aromatic nitrogens is 1. The van der Waals surface area contributed by atoms with Crippen LogP contribution in [0.3, 0.4) is 0 Å². The molecule has 0 bridgehead atoms. The van der Waals surface area contributed by atoms with Crippen LogP contribution in [0.1, 0.15) is 34.9 Å². The number of hydrogen-bond donors (Lipinski definition) is 1. The quantitative estimate of drug-likeness (QED) is 0.661. The predicted molar refractivity (Wildman–Crippen MR) is 111 cm³/mol. The van der Waals surface area contributed by atoms with Crippen LogP contribution in [-0.4, -0.2) is 42.7 Å². The topological polar surface area (TPSA) is 67.6 Å². The first-order valence-corrected chi connectivity index (χ1v) is 9.93. The molecular formula is C23H25N3O3. The lowest BCUT2D eigenvalue weighted by Gasteiger charge is -2.28. The molecule has 1 aliphatic heterocycles. The summed E-state index contributed by atoms with van der Waals surface area (Å²) in [6.45, 7) is 2.59. The van der Waals surface area contributed by atoms with Crippen molar-refractivity contribution in [2.24, 2.45) is 0 Å². The Morgan fingerprint density at radius 1 is 1.14 bits per heavy atom. The number of methoxy groups -OCH3 is 1. The number of likely N-dealkylation sites (tertiary alicyclic amines) is 1. The molecule has 2 heterocycles. The van der Waals surface area contributed by atoms with E-state index in [0.717, 1.165) is 30.0 Å². The Hall–Kier alpha value is -3.12. The minimum Gasteiger partial charge on any atom is -0.497 e. The summed E-state index contributed by atoms with van der Waals surface area (Å²) in [6.07, 6.45) is 2.37. The lowest BCUT2D eigenvalue weighted by Crippen LogP contribution is -2.36. The van der Waals surface area contributed by atoms with Crippen molar-refractivity contribution < 1.29 is 14.1 Å². The fourth-order valence-corrected chi connectivity index (χ4v) is 3.74. The molecule has 1 N–H and O–H groups in total. The van der Waals surface area contributed by atoms with Gasteiger partial charge in [0, 0.05) is 18.2 Å². The molecule has 0 spiro atoms. The third-order valence-electron chi connectivity index (χ3n) is 5.34. The molecule has 1 saturated heterocycles. The summed E-state index contributed by atoms with van der Waals surface area (Å²) >= 11 is 0. The van der Waals surface area contributed by atoms with Crippen LogP contribution in [0.25, 0.3) is 11.3 Å². The van der Waals surface area contributed by atoms with E-state index in [-0.39, 0.29) is 11.9 Å². The van der Waals surface area contributed by atoms with Crippen LogP contribution < -0.4 is 10.1 Å². The summed E-state index contributed by atoms with van der Waals surface area (Å²) in [6, 6.07) is 19.5. The van der Waals surface area contributed by atoms with Gasteiger partial charge in [-0.1, -0.05) is 47.6 Å². The van der Waals surface area contributed by atoms with Crippen molar-refractivity contribution in [1.29, 1.82) is 0 Å². The zero-order valence-electron chi connectivity index (χ0n) is 16.5. The summed E-state index contributed by atoms with van der Waals surface area (Å²) in [5.74, 6) is 1.18. The van der Waals surface area contributed by atoms with E-state index in [1.807, 2.05) is 42.5 Å². The van der Waals surface area contributed by atoms with Crippen LogP contribution in [0.15, 0.2) is 65.2 Å². The van der Waals surface area contributed by atoms with Crippen molar-refractivity contribution in [3.05, 3.63) is 71.9 Å². The van der Waals surface area contributed by atoms with Crippen LogP contribution in [0.2, 0.25) is 0 Å². The Morgan fingerprint density at radius 3 is 2.55 bits per heavy atom. The van der Waals surface area contributed by atoms with Crippen molar-refractivity contribution in [2.75, 3.05) is 26.7 Å². The molecule has 0 aliphatic carbocycles. The van der Waals surface area contributed by atoms with E-state index in [0.29, 0.717) is 18.0 Å². The summed E-state index contributed by atoms with van der Waals surface area (Å²) in [4.78, 5) is 15.1. The molecule has 0 saturated carbocycles. The van der Waals surface area contributed by atoms with E-state index in [2.05, 4.69) is 27.5 Å². The van der Waals surface area contributed by atoms with Gasteiger partial charge in [0.05, 0.1) is 13.2 Å². The number of benzene rings is 2. The second kappa shape index (κ2) is 8.92. The van der Waals surface area contributed by atoms with E-state index in [4.69, 9.17) is 9.26 Å². The number of ether oxygens (including phenoxy) is 1. The van der Waals surface area contributed by atoms with E-state index in [1.54, 1.807) is 13.2 Å². The lowest BCUT2D eigenvalue weighted by molar-refractivity contribution is 0.0929. The van der Waals surface area contributed by atoms with Gasteiger partial charge in [-0.2, -0.15) is 0 Å². The SMILES string of the molecule is COc1ccc([C@H](CNC(=O)c2cc(-c3ccccc3)on2)N2CCCC2)cc1. The van der Waals surface area contributed by atoms with Crippen LogP contribution in [0.4, 0.5) is 0 Å². The monoisotopic (exact) mass is 391 g/mol. The van der Waals surface area contributed by atoms with Gasteiger partial charge < -0.3 is 14.6 Å². The zero-order valence-corrected chi connectivity index (χ0v) is 16.5. The van der Waals surface area contributed by atoms with Gasteiger partial charge in [-0.25, -0.2) is 0 Å². The third kappa shape index (κ3) is 4.49. The molecule has 0 unspecified atom stereocenters. The van der Waals surface area contributed by atoms with Crippen LogP contribution in [0, 0.1) is 0 Å². The molecular weight excluding hydrogens is 366 g/mol. The smallest absolute Gasteiger partial charge is 0.273 e. The highest BCUT2D eigenvalue weighted by Crippen LogP contribution is 2.26. The van der Waals surface area contributed by atoms with E-state index >= 15 is 0 Å². The molecule has 6 nitrogen and oxygen atoms in total. The summed E-state index contributed by atoms with van der Waals surface area (Å²) < 4.78 is 10.6. The number of nitrogens with zero attached hydrogens (tertiary/aromatic N) is 2. The molecule has 1 fully saturated rings. The van der Waals surface area contributed by atoms with Crippen molar-refractivity contribution in [1.82, 2.24) is 15.4 Å². The highest BCUT2D eigenvalue weighted by Gasteiger charge is 2.25. The molecule has 6 heteroatoms. The second-order valence-corrected chi connectivity index (χ2v) is 7.18.